The SMILES string of the molecule is Cn1cncc1C(=O)NC[C@@H]1CC[C@H](c2nc(C3CC3)n[nH]2)O1. The van der Waals surface area contributed by atoms with Crippen molar-refractivity contribution in [2.24, 2.45) is 7.05 Å². The van der Waals surface area contributed by atoms with E-state index >= 15 is 0 Å². The molecular weight excluding hydrogens is 296 g/mol. The van der Waals surface area contributed by atoms with Crippen LogP contribution in [0.2, 0.25) is 0 Å². The summed E-state index contributed by atoms with van der Waals surface area (Å²) in [5.41, 5.74) is 0.545. The van der Waals surface area contributed by atoms with Gasteiger partial charge in [0, 0.05) is 19.5 Å². The predicted molar refractivity (Wildman–Crippen MR) is 80.7 cm³/mol. The van der Waals surface area contributed by atoms with Gasteiger partial charge in [0.25, 0.3) is 5.91 Å². The van der Waals surface area contributed by atoms with Crippen LogP contribution >= 0.6 is 0 Å². The van der Waals surface area contributed by atoms with Crippen molar-refractivity contribution in [1.29, 1.82) is 0 Å². The second kappa shape index (κ2) is 5.77. The summed E-state index contributed by atoms with van der Waals surface area (Å²) in [6.07, 6.45) is 7.29. The Morgan fingerprint density at radius 2 is 2.30 bits per heavy atom. The zero-order valence-electron chi connectivity index (χ0n) is 13.0. The Hall–Kier alpha value is -2.22. The van der Waals surface area contributed by atoms with E-state index in [0.717, 1.165) is 24.5 Å². The number of aromatic amines is 1. The third-order valence-electron chi connectivity index (χ3n) is 4.41. The number of rotatable bonds is 5. The average molecular weight is 316 g/mol. The molecular formula is C15H20N6O2. The highest BCUT2D eigenvalue weighted by Crippen LogP contribution is 2.39. The Morgan fingerprint density at radius 1 is 1.43 bits per heavy atom. The number of nitrogens with zero attached hydrogens (tertiary/aromatic N) is 4. The molecule has 0 aromatic carbocycles. The molecule has 1 aliphatic carbocycles. The minimum atomic E-state index is -0.132. The molecule has 8 nitrogen and oxygen atoms in total. The number of H-pyrrole nitrogens is 1. The summed E-state index contributed by atoms with van der Waals surface area (Å²) in [7, 11) is 1.80. The third-order valence-corrected chi connectivity index (χ3v) is 4.41. The number of aromatic nitrogens is 5. The molecule has 1 amide bonds. The summed E-state index contributed by atoms with van der Waals surface area (Å²) in [6, 6.07) is 0. The van der Waals surface area contributed by atoms with E-state index in [1.165, 1.54) is 12.8 Å². The first kappa shape index (κ1) is 14.4. The molecule has 2 aromatic rings. The Kier molecular flexibility index (Phi) is 3.60. The van der Waals surface area contributed by atoms with Gasteiger partial charge in [0.1, 0.15) is 11.8 Å². The maximum Gasteiger partial charge on any atom is 0.269 e. The van der Waals surface area contributed by atoms with Gasteiger partial charge in [0.05, 0.1) is 18.6 Å². The van der Waals surface area contributed by atoms with Crippen molar-refractivity contribution < 1.29 is 9.53 Å². The number of carbonyl (C=O) groups excluding carboxylic acids is 1. The number of imidazole rings is 1. The summed E-state index contributed by atoms with van der Waals surface area (Å²) >= 11 is 0. The monoisotopic (exact) mass is 316 g/mol. The second-order valence-electron chi connectivity index (χ2n) is 6.28. The lowest BCUT2D eigenvalue weighted by Gasteiger charge is -2.13. The van der Waals surface area contributed by atoms with Crippen molar-refractivity contribution in [3.8, 4) is 0 Å². The van der Waals surface area contributed by atoms with E-state index in [-0.39, 0.29) is 18.1 Å². The van der Waals surface area contributed by atoms with Crippen LogP contribution in [0.4, 0.5) is 0 Å². The molecule has 23 heavy (non-hydrogen) atoms. The Morgan fingerprint density at radius 3 is 3.04 bits per heavy atom. The number of amides is 1. The maximum absolute atomic E-state index is 12.1. The van der Waals surface area contributed by atoms with Crippen molar-refractivity contribution in [2.45, 2.75) is 43.8 Å². The van der Waals surface area contributed by atoms with E-state index in [0.29, 0.717) is 18.2 Å². The largest absolute Gasteiger partial charge is 0.365 e. The molecule has 3 heterocycles. The molecule has 122 valence electrons. The zero-order valence-corrected chi connectivity index (χ0v) is 13.0. The number of hydrogen-bond acceptors (Lipinski definition) is 5. The molecule has 8 heteroatoms. The van der Waals surface area contributed by atoms with Gasteiger partial charge in [-0.25, -0.2) is 9.97 Å². The highest BCUT2D eigenvalue weighted by atomic mass is 16.5. The Balaban J connectivity index is 1.30. The van der Waals surface area contributed by atoms with Gasteiger partial charge < -0.3 is 14.6 Å². The zero-order chi connectivity index (χ0) is 15.8. The second-order valence-corrected chi connectivity index (χ2v) is 6.28. The predicted octanol–water partition coefficient (Wildman–Crippen LogP) is 1.07. The van der Waals surface area contributed by atoms with E-state index in [1.807, 2.05) is 0 Å². The van der Waals surface area contributed by atoms with Crippen LogP contribution in [0.1, 0.15) is 59.8 Å². The molecule has 2 aromatic heterocycles. The molecule has 1 saturated heterocycles. The van der Waals surface area contributed by atoms with Crippen LogP contribution in [-0.4, -0.2) is 43.3 Å². The average Bonchev–Trinajstić information content (AvgIpc) is 2.96. The quantitative estimate of drug-likeness (QED) is 0.860. The first-order valence-corrected chi connectivity index (χ1v) is 8.03. The first-order valence-electron chi connectivity index (χ1n) is 8.03. The number of carbonyl (C=O) groups is 1. The topological polar surface area (TPSA) is 97.7 Å². The third kappa shape index (κ3) is 2.98. The molecule has 2 fully saturated rings. The van der Waals surface area contributed by atoms with Gasteiger partial charge in [-0.15, -0.1) is 0 Å². The Labute approximate surface area is 133 Å². The van der Waals surface area contributed by atoms with E-state index in [1.54, 1.807) is 24.1 Å². The van der Waals surface area contributed by atoms with E-state index in [4.69, 9.17) is 4.74 Å². The van der Waals surface area contributed by atoms with Crippen LogP contribution in [0, 0.1) is 0 Å². The van der Waals surface area contributed by atoms with Crippen LogP contribution in [0.5, 0.6) is 0 Å². The lowest BCUT2D eigenvalue weighted by atomic mass is 10.2. The van der Waals surface area contributed by atoms with Crippen LogP contribution in [-0.2, 0) is 11.8 Å². The normalized spacial score (nSPS) is 24.0. The summed E-state index contributed by atoms with van der Waals surface area (Å²) < 4.78 is 7.68. The van der Waals surface area contributed by atoms with Gasteiger partial charge in [0.2, 0.25) is 0 Å². The van der Waals surface area contributed by atoms with Crippen molar-refractivity contribution in [1.82, 2.24) is 30.0 Å². The van der Waals surface area contributed by atoms with Crippen molar-refractivity contribution in [2.75, 3.05) is 6.54 Å². The highest BCUT2D eigenvalue weighted by molar-refractivity contribution is 5.92. The van der Waals surface area contributed by atoms with Crippen LogP contribution < -0.4 is 5.32 Å². The molecule has 0 unspecified atom stereocenters. The van der Waals surface area contributed by atoms with Crippen molar-refractivity contribution >= 4 is 5.91 Å². The number of hydrogen-bond donors (Lipinski definition) is 2. The molecule has 2 aliphatic rings. The van der Waals surface area contributed by atoms with E-state index < -0.39 is 0 Å². The number of aryl methyl sites for hydroxylation is 1. The van der Waals surface area contributed by atoms with Gasteiger partial charge in [-0.3, -0.25) is 9.89 Å². The van der Waals surface area contributed by atoms with Gasteiger partial charge in [-0.05, 0) is 25.7 Å². The van der Waals surface area contributed by atoms with Crippen molar-refractivity contribution in [3.05, 3.63) is 29.9 Å². The van der Waals surface area contributed by atoms with E-state index in [9.17, 15) is 4.79 Å². The van der Waals surface area contributed by atoms with Crippen LogP contribution in [0.15, 0.2) is 12.5 Å². The lowest BCUT2D eigenvalue weighted by molar-refractivity contribution is 0.0391. The molecule has 2 N–H and O–H groups in total. The van der Waals surface area contributed by atoms with Gasteiger partial charge in [0.15, 0.2) is 11.6 Å². The minimum Gasteiger partial charge on any atom is -0.365 e. The standard InChI is InChI=1S/C15H20N6O2/c1-21-8-16-7-11(21)15(22)17-6-10-4-5-12(23-10)14-18-13(19-20-14)9-2-3-9/h7-10,12H,2-6H2,1H3,(H,17,22)(H,18,19,20)/t10-,12+/m0/s1. The van der Waals surface area contributed by atoms with Gasteiger partial charge in [-0.1, -0.05) is 0 Å². The van der Waals surface area contributed by atoms with Gasteiger partial charge >= 0.3 is 0 Å². The maximum atomic E-state index is 12.1. The van der Waals surface area contributed by atoms with Crippen LogP contribution in [0.3, 0.4) is 0 Å². The highest BCUT2D eigenvalue weighted by Gasteiger charge is 2.32. The summed E-state index contributed by atoms with van der Waals surface area (Å²) in [4.78, 5) is 20.6. The summed E-state index contributed by atoms with van der Waals surface area (Å²) in [5, 5.41) is 10.2. The van der Waals surface area contributed by atoms with Gasteiger partial charge in [-0.2, -0.15) is 5.10 Å². The van der Waals surface area contributed by atoms with Crippen LogP contribution in [0.25, 0.3) is 0 Å². The molecule has 4 rings (SSSR count). The fraction of sp³-hybridized carbons (Fsp3) is 0.600. The minimum absolute atomic E-state index is 0.00616. The fourth-order valence-electron chi connectivity index (χ4n) is 2.89. The van der Waals surface area contributed by atoms with Crippen molar-refractivity contribution in [3.63, 3.8) is 0 Å². The first-order chi connectivity index (χ1) is 11.2. The summed E-state index contributed by atoms with van der Waals surface area (Å²) in [6.45, 7) is 0.490. The summed E-state index contributed by atoms with van der Waals surface area (Å²) in [5.74, 6) is 2.13. The number of nitrogens with one attached hydrogen (secondary N) is 2. The molecule has 0 bridgehead atoms. The Bertz CT molecular complexity index is 704. The number of ether oxygens (including phenoxy) is 1. The van der Waals surface area contributed by atoms with E-state index in [2.05, 4.69) is 25.5 Å². The molecule has 0 spiro atoms. The smallest absolute Gasteiger partial charge is 0.269 e. The molecule has 2 atom stereocenters. The molecule has 1 aliphatic heterocycles. The lowest BCUT2D eigenvalue weighted by Crippen LogP contribution is -2.32. The molecule has 0 radical (unpaired) electrons. The fourth-order valence-corrected chi connectivity index (χ4v) is 2.89. The molecule has 1 saturated carbocycles.